The fourth-order valence-corrected chi connectivity index (χ4v) is 8.40. The van der Waals surface area contributed by atoms with Crippen molar-refractivity contribution in [3.63, 3.8) is 0 Å². The van der Waals surface area contributed by atoms with Crippen LogP contribution in [0.1, 0.15) is 303 Å². The average molecular weight is 914 g/mol. The number of allylic oxidation sites excluding steroid dienone is 6. The van der Waals surface area contributed by atoms with Gasteiger partial charge in [0.2, 0.25) is 0 Å². The maximum absolute atomic E-state index is 12.8. The topological polar surface area (TPSA) is 78.9 Å². The monoisotopic (exact) mass is 913 g/mol. The summed E-state index contributed by atoms with van der Waals surface area (Å²) < 4.78 is 16.8. The first-order valence-electron chi connectivity index (χ1n) is 28.5. The van der Waals surface area contributed by atoms with Crippen molar-refractivity contribution >= 4 is 17.9 Å². The van der Waals surface area contributed by atoms with Gasteiger partial charge < -0.3 is 14.2 Å². The van der Waals surface area contributed by atoms with Crippen LogP contribution in [0.15, 0.2) is 36.5 Å². The molecule has 0 saturated heterocycles. The minimum atomic E-state index is -0.779. The molecule has 6 heteroatoms. The third-order valence-electron chi connectivity index (χ3n) is 12.7. The van der Waals surface area contributed by atoms with Gasteiger partial charge in [-0.3, -0.25) is 14.4 Å². The van der Waals surface area contributed by atoms with Crippen LogP contribution in [0.3, 0.4) is 0 Å². The second-order valence-electron chi connectivity index (χ2n) is 19.2. The highest BCUT2D eigenvalue weighted by atomic mass is 16.6. The summed E-state index contributed by atoms with van der Waals surface area (Å²) in [6.07, 6.45) is 64.2. The Bertz CT molecular complexity index is 1090. The second-order valence-corrected chi connectivity index (χ2v) is 19.2. The molecule has 0 saturated carbocycles. The highest BCUT2D eigenvalue weighted by Crippen LogP contribution is 2.17. The lowest BCUT2D eigenvalue weighted by Gasteiger charge is -2.18. The van der Waals surface area contributed by atoms with E-state index in [0.29, 0.717) is 19.3 Å². The van der Waals surface area contributed by atoms with Crippen LogP contribution in [-0.2, 0) is 28.6 Å². The van der Waals surface area contributed by atoms with Gasteiger partial charge in [0.05, 0.1) is 0 Å². The molecule has 380 valence electrons. The van der Waals surface area contributed by atoms with Gasteiger partial charge in [-0.25, -0.2) is 0 Å². The van der Waals surface area contributed by atoms with E-state index >= 15 is 0 Å². The molecule has 0 rings (SSSR count). The number of esters is 3. The maximum Gasteiger partial charge on any atom is 0.306 e. The molecule has 6 nitrogen and oxygen atoms in total. The highest BCUT2D eigenvalue weighted by Gasteiger charge is 2.19. The first-order chi connectivity index (χ1) is 32.0. The summed E-state index contributed by atoms with van der Waals surface area (Å²) in [6, 6.07) is 0. The van der Waals surface area contributed by atoms with Crippen LogP contribution in [0.2, 0.25) is 0 Å². The summed E-state index contributed by atoms with van der Waals surface area (Å²) in [7, 11) is 0. The van der Waals surface area contributed by atoms with E-state index in [1.807, 2.05) is 0 Å². The smallest absolute Gasteiger partial charge is 0.306 e. The Balaban J connectivity index is 4.34. The van der Waals surface area contributed by atoms with E-state index in [9.17, 15) is 14.4 Å². The van der Waals surface area contributed by atoms with E-state index in [1.54, 1.807) is 0 Å². The molecular formula is C59H108O6. The van der Waals surface area contributed by atoms with Gasteiger partial charge in [0.15, 0.2) is 6.10 Å². The molecule has 0 aliphatic carbocycles. The number of hydrogen-bond acceptors (Lipinski definition) is 6. The van der Waals surface area contributed by atoms with Gasteiger partial charge in [0, 0.05) is 19.3 Å². The standard InChI is InChI=1S/C59H108O6/c1-4-7-10-13-16-19-22-25-27-29-31-34-37-40-43-46-49-52-58(61)64-55-56(54-63-57(60)51-48-45-42-39-36-33-24-21-18-15-12-9-6-3)65-59(62)53-50-47-44-41-38-35-32-30-28-26-23-20-17-14-11-8-5-2/h9,12,18,21,33,36,56H,4-8,10-11,13-17,19-20,22-32,34-35,37-55H2,1-3H3/b12-9-,21-18-,36-33-. The largest absolute Gasteiger partial charge is 0.462 e. The third kappa shape index (κ3) is 52.5. The lowest BCUT2D eigenvalue weighted by atomic mass is 10.0. The molecule has 0 heterocycles. The van der Waals surface area contributed by atoms with Crippen LogP contribution >= 0.6 is 0 Å². The van der Waals surface area contributed by atoms with Gasteiger partial charge in [-0.1, -0.05) is 269 Å². The van der Waals surface area contributed by atoms with Crippen molar-refractivity contribution in [3.8, 4) is 0 Å². The maximum atomic E-state index is 12.8. The molecule has 0 N–H and O–H groups in total. The Hall–Kier alpha value is -2.37. The first-order valence-corrected chi connectivity index (χ1v) is 28.5. The normalized spacial score (nSPS) is 12.2. The fraction of sp³-hybridized carbons (Fsp3) is 0.847. The molecule has 0 aromatic heterocycles. The molecule has 0 fully saturated rings. The minimum absolute atomic E-state index is 0.0766. The van der Waals surface area contributed by atoms with Crippen molar-refractivity contribution in [1.29, 1.82) is 0 Å². The average Bonchev–Trinajstić information content (AvgIpc) is 3.30. The third-order valence-corrected chi connectivity index (χ3v) is 12.7. The van der Waals surface area contributed by atoms with Crippen LogP contribution in [0.5, 0.6) is 0 Å². The Morgan fingerprint density at radius 2 is 0.600 bits per heavy atom. The van der Waals surface area contributed by atoms with Crippen LogP contribution < -0.4 is 0 Å². The van der Waals surface area contributed by atoms with Crippen molar-refractivity contribution in [2.45, 2.75) is 309 Å². The summed E-state index contributed by atoms with van der Waals surface area (Å²) in [5.74, 6) is -0.888. The zero-order valence-corrected chi connectivity index (χ0v) is 43.5. The van der Waals surface area contributed by atoms with E-state index < -0.39 is 6.10 Å². The number of hydrogen-bond donors (Lipinski definition) is 0. The minimum Gasteiger partial charge on any atom is -0.462 e. The van der Waals surface area contributed by atoms with E-state index in [2.05, 4.69) is 57.2 Å². The van der Waals surface area contributed by atoms with E-state index in [4.69, 9.17) is 14.2 Å². The van der Waals surface area contributed by atoms with Crippen LogP contribution in [-0.4, -0.2) is 37.2 Å². The summed E-state index contributed by atoms with van der Waals surface area (Å²) in [6.45, 7) is 6.55. The van der Waals surface area contributed by atoms with Crippen molar-refractivity contribution in [3.05, 3.63) is 36.5 Å². The summed E-state index contributed by atoms with van der Waals surface area (Å²) in [5, 5.41) is 0. The molecule has 1 atom stereocenters. The highest BCUT2D eigenvalue weighted by molar-refractivity contribution is 5.71. The Labute approximate surface area is 404 Å². The molecule has 0 aliphatic heterocycles. The van der Waals surface area contributed by atoms with E-state index in [-0.39, 0.29) is 31.1 Å². The Kier molecular flexibility index (Phi) is 52.3. The molecule has 0 radical (unpaired) electrons. The molecule has 1 unspecified atom stereocenters. The quantitative estimate of drug-likeness (QED) is 0.0262. The number of ether oxygens (including phenoxy) is 3. The zero-order chi connectivity index (χ0) is 47.2. The van der Waals surface area contributed by atoms with Gasteiger partial charge in [0.1, 0.15) is 13.2 Å². The van der Waals surface area contributed by atoms with Crippen LogP contribution in [0.4, 0.5) is 0 Å². The Morgan fingerprint density at radius 1 is 0.323 bits per heavy atom. The van der Waals surface area contributed by atoms with Gasteiger partial charge in [-0.15, -0.1) is 0 Å². The molecule has 0 aromatic rings. The molecule has 0 spiro atoms. The molecule has 0 amide bonds. The molecule has 0 bridgehead atoms. The van der Waals surface area contributed by atoms with Gasteiger partial charge in [-0.05, 0) is 51.4 Å². The second kappa shape index (κ2) is 54.2. The summed E-state index contributed by atoms with van der Waals surface area (Å²) in [5.41, 5.74) is 0. The fourth-order valence-electron chi connectivity index (χ4n) is 8.40. The number of carbonyl (C=O) groups is 3. The number of unbranched alkanes of at least 4 members (excludes halogenated alkanes) is 35. The van der Waals surface area contributed by atoms with Crippen LogP contribution in [0.25, 0.3) is 0 Å². The van der Waals surface area contributed by atoms with Gasteiger partial charge in [0.25, 0.3) is 0 Å². The predicted molar refractivity (Wildman–Crippen MR) is 279 cm³/mol. The van der Waals surface area contributed by atoms with Gasteiger partial charge in [-0.2, -0.15) is 0 Å². The van der Waals surface area contributed by atoms with Gasteiger partial charge >= 0.3 is 17.9 Å². The Morgan fingerprint density at radius 3 is 0.938 bits per heavy atom. The van der Waals surface area contributed by atoms with Crippen molar-refractivity contribution < 1.29 is 28.6 Å². The van der Waals surface area contributed by atoms with Crippen molar-refractivity contribution in [2.24, 2.45) is 0 Å². The molecule has 0 aliphatic rings. The summed E-state index contributed by atoms with van der Waals surface area (Å²) in [4.78, 5) is 38.1. The lowest BCUT2D eigenvalue weighted by molar-refractivity contribution is -0.167. The van der Waals surface area contributed by atoms with E-state index in [1.165, 1.54) is 180 Å². The number of carbonyl (C=O) groups excluding carboxylic acids is 3. The molecule has 65 heavy (non-hydrogen) atoms. The first kappa shape index (κ1) is 62.6. The SMILES string of the molecule is CC/C=C\C/C=C\C/C=C\CCCCCC(=O)OCC(COC(=O)CCCCCCCCCCCCCCCCCCC)OC(=O)CCCCCCCCCCCCCCCCCCC. The predicted octanol–water partition coefficient (Wildman–Crippen LogP) is 18.9. The molecule has 0 aromatic carbocycles. The number of rotatable bonds is 52. The summed E-state index contributed by atoms with van der Waals surface area (Å²) >= 11 is 0. The van der Waals surface area contributed by atoms with Crippen molar-refractivity contribution in [1.82, 2.24) is 0 Å². The zero-order valence-electron chi connectivity index (χ0n) is 43.5. The molecular weight excluding hydrogens is 805 g/mol. The van der Waals surface area contributed by atoms with Crippen molar-refractivity contribution in [2.75, 3.05) is 13.2 Å². The van der Waals surface area contributed by atoms with Crippen LogP contribution in [0, 0.1) is 0 Å². The lowest BCUT2D eigenvalue weighted by Crippen LogP contribution is -2.30. The van der Waals surface area contributed by atoms with E-state index in [0.717, 1.165) is 83.5 Å².